The maximum Gasteiger partial charge on any atom is 0.124 e. The molecule has 1 fully saturated rings. The fraction of sp³-hybridized carbons (Fsp3) is 0.600. The van der Waals surface area contributed by atoms with Crippen molar-refractivity contribution < 1.29 is 4.39 Å². The first-order valence-electron chi connectivity index (χ1n) is 6.95. The third-order valence-corrected chi connectivity index (χ3v) is 5.19. The highest BCUT2D eigenvalue weighted by Gasteiger charge is 2.25. The lowest BCUT2D eigenvalue weighted by Crippen LogP contribution is -2.38. The van der Waals surface area contributed by atoms with E-state index < -0.39 is 0 Å². The second-order valence-corrected chi connectivity index (χ2v) is 6.68. The molecule has 2 atom stereocenters. The van der Waals surface area contributed by atoms with Crippen LogP contribution in [0.3, 0.4) is 0 Å². The Kier molecular flexibility index (Phi) is 5.99. The van der Waals surface area contributed by atoms with Crippen LogP contribution in [0, 0.1) is 11.7 Å². The van der Waals surface area contributed by atoms with E-state index in [1.165, 1.54) is 30.1 Å². The van der Waals surface area contributed by atoms with Crippen LogP contribution in [0.5, 0.6) is 0 Å². The average molecular weight is 302 g/mol. The minimum Gasteiger partial charge on any atom is -0.313 e. The summed E-state index contributed by atoms with van der Waals surface area (Å²) in [6.45, 7) is 3.21. The van der Waals surface area contributed by atoms with Gasteiger partial charge in [-0.25, -0.2) is 4.39 Å². The van der Waals surface area contributed by atoms with Gasteiger partial charge in [0, 0.05) is 11.1 Å². The lowest BCUT2D eigenvalue weighted by atomic mass is 9.93. The molecule has 1 heterocycles. The smallest absolute Gasteiger partial charge is 0.124 e. The van der Waals surface area contributed by atoms with Crippen molar-refractivity contribution in [3.63, 3.8) is 0 Å². The van der Waals surface area contributed by atoms with Gasteiger partial charge >= 0.3 is 0 Å². The first-order valence-corrected chi connectivity index (χ1v) is 8.49. The Balaban J connectivity index is 2.05. The zero-order chi connectivity index (χ0) is 13.7. The van der Waals surface area contributed by atoms with Gasteiger partial charge in [0.05, 0.1) is 0 Å². The van der Waals surface area contributed by atoms with Crippen LogP contribution >= 0.6 is 23.4 Å². The van der Waals surface area contributed by atoms with Gasteiger partial charge in [-0.1, -0.05) is 24.6 Å². The number of hydrogen-bond donors (Lipinski definition) is 1. The van der Waals surface area contributed by atoms with Crippen molar-refractivity contribution in [3.8, 4) is 0 Å². The maximum absolute atomic E-state index is 13.1. The maximum atomic E-state index is 13.1. The molecule has 1 nitrogen and oxygen atoms in total. The van der Waals surface area contributed by atoms with E-state index >= 15 is 0 Å². The Bertz CT molecular complexity index is 407. The van der Waals surface area contributed by atoms with E-state index in [0.717, 1.165) is 24.9 Å². The van der Waals surface area contributed by atoms with Gasteiger partial charge in [0.2, 0.25) is 0 Å². The topological polar surface area (TPSA) is 12.0 Å². The molecule has 0 bridgehead atoms. The summed E-state index contributed by atoms with van der Waals surface area (Å²) in [7, 11) is 0. The summed E-state index contributed by atoms with van der Waals surface area (Å²) in [4.78, 5) is 0. The van der Waals surface area contributed by atoms with Crippen LogP contribution in [0.1, 0.15) is 25.3 Å². The van der Waals surface area contributed by atoms with Crippen molar-refractivity contribution in [1.82, 2.24) is 5.32 Å². The largest absolute Gasteiger partial charge is 0.313 e. The van der Waals surface area contributed by atoms with E-state index in [1.807, 2.05) is 17.8 Å². The molecule has 0 spiro atoms. The molecule has 2 unspecified atom stereocenters. The van der Waals surface area contributed by atoms with E-state index in [9.17, 15) is 4.39 Å². The van der Waals surface area contributed by atoms with Gasteiger partial charge in [-0.3, -0.25) is 0 Å². The SMILES string of the molecule is CCCNC(Cc1ccc(F)cc1Cl)C1CCSC1. The molecule has 1 aromatic carbocycles. The van der Waals surface area contributed by atoms with Gasteiger partial charge in [0.25, 0.3) is 0 Å². The summed E-state index contributed by atoms with van der Waals surface area (Å²) in [5, 5.41) is 4.19. The summed E-state index contributed by atoms with van der Waals surface area (Å²) in [5.41, 5.74) is 1.05. The molecule has 0 radical (unpaired) electrons. The van der Waals surface area contributed by atoms with Gasteiger partial charge in [-0.2, -0.15) is 11.8 Å². The molecule has 4 heteroatoms. The predicted molar refractivity (Wildman–Crippen MR) is 82.6 cm³/mol. The van der Waals surface area contributed by atoms with Gasteiger partial charge in [0.1, 0.15) is 5.82 Å². The monoisotopic (exact) mass is 301 g/mol. The zero-order valence-electron chi connectivity index (χ0n) is 11.3. The highest BCUT2D eigenvalue weighted by Crippen LogP contribution is 2.29. The minimum atomic E-state index is -0.261. The molecule has 0 saturated carbocycles. The summed E-state index contributed by atoms with van der Waals surface area (Å²) in [5.74, 6) is 2.92. The molecular weight excluding hydrogens is 281 g/mol. The van der Waals surface area contributed by atoms with E-state index in [0.29, 0.717) is 17.0 Å². The lowest BCUT2D eigenvalue weighted by Gasteiger charge is -2.25. The first-order chi connectivity index (χ1) is 9.20. The number of benzene rings is 1. The molecule has 1 aromatic rings. The number of hydrogen-bond acceptors (Lipinski definition) is 2. The Morgan fingerprint density at radius 3 is 3.00 bits per heavy atom. The fourth-order valence-electron chi connectivity index (χ4n) is 2.53. The third kappa shape index (κ3) is 4.37. The molecule has 1 N–H and O–H groups in total. The molecule has 0 aromatic heterocycles. The minimum absolute atomic E-state index is 0.261. The molecule has 19 heavy (non-hydrogen) atoms. The second-order valence-electron chi connectivity index (χ2n) is 5.12. The summed E-state index contributed by atoms with van der Waals surface area (Å²) < 4.78 is 13.1. The van der Waals surface area contributed by atoms with Gasteiger partial charge in [-0.05, 0) is 60.9 Å². The number of rotatable bonds is 6. The van der Waals surface area contributed by atoms with Crippen LogP contribution < -0.4 is 5.32 Å². The van der Waals surface area contributed by atoms with Crippen molar-refractivity contribution in [2.45, 2.75) is 32.2 Å². The highest BCUT2D eigenvalue weighted by molar-refractivity contribution is 7.99. The van der Waals surface area contributed by atoms with Crippen molar-refractivity contribution in [2.75, 3.05) is 18.1 Å². The van der Waals surface area contributed by atoms with Crippen molar-refractivity contribution in [3.05, 3.63) is 34.6 Å². The van der Waals surface area contributed by atoms with E-state index in [2.05, 4.69) is 12.2 Å². The predicted octanol–water partition coefficient (Wildman–Crippen LogP) is 4.14. The molecule has 106 valence electrons. The van der Waals surface area contributed by atoms with Crippen LogP contribution in [0.4, 0.5) is 4.39 Å². The summed E-state index contributed by atoms with van der Waals surface area (Å²) >= 11 is 8.17. The zero-order valence-corrected chi connectivity index (χ0v) is 12.9. The van der Waals surface area contributed by atoms with Crippen molar-refractivity contribution in [2.24, 2.45) is 5.92 Å². The van der Waals surface area contributed by atoms with Crippen molar-refractivity contribution >= 4 is 23.4 Å². The van der Waals surface area contributed by atoms with Gasteiger partial charge in [0.15, 0.2) is 0 Å². The molecule has 1 aliphatic heterocycles. The van der Waals surface area contributed by atoms with E-state index in [1.54, 1.807) is 0 Å². The third-order valence-electron chi connectivity index (χ3n) is 3.65. The highest BCUT2D eigenvalue weighted by atomic mass is 35.5. The summed E-state index contributed by atoms with van der Waals surface area (Å²) in [6, 6.07) is 5.19. The molecular formula is C15H21ClFNS. The molecule has 1 saturated heterocycles. The summed E-state index contributed by atoms with van der Waals surface area (Å²) in [6.07, 6.45) is 3.29. The van der Waals surface area contributed by atoms with Crippen molar-refractivity contribution in [1.29, 1.82) is 0 Å². The normalized spacial score (nSPS) is 20.7. The Morgan fingerprint density at radius 1 is 1.53 bits per heavy atom. The van der Waals surface area contributed by atoms with Crippen LogP contribution in [-0.2, 0) is 6.42 Å². The molecule has 2 rings (SSSR count). The molecule has 1 aliphatic rings. The first kappa shape index (κ1) is 15.1. The second kappa shape index (κ2) is 7.51. The standard InChI is InChI=1S/C15H21ClFNS/c1-2-6-18-15(12-5-7-19-10-12)8-11-3-4-13(17)9-14(11)16/h3-4,9,12,15,18H,2,5-8,10H2,1H3. The van der Waals surface area contributed by atoms with Crippen LogP contribution in [-0.4, -0.2) is 24.1 Å². The Morgan fingerprint density at radius 2 is 2.37 bits per heavy atom. The Hall–Kier alpha value is -0.250. The average Bonchev–Trinajstić information content (AvgIpc) is 2.90. The van der Waals surface area contributed by atoms with Crippen LogP contribution in [0.25, 0.3) is 0 Å². The molecule has 0 amide bonds. The fourth-order valence-corrected chi connectivity index (χ4v) is 4.11. The Labute approximate surface area is 124 Å². The van der Waals surface area contributed by atoms with Crippen LogP contribution in [0.15, 0.2) is 18.2 Å². The lowest BCUT2D eigenvalue weighted by molar-refractivity contribution is 0.380. The van der Waals surface area contributed by atoms with Gasteiger partial charge < -0.3 is 5.32 Å². The number of nitrogens with one attached hydrogen (secondary N) is 1. The number of thioether (sulfide) groups is 1. The molecule has 0 aliphatic carbocycles. The van der Waals surface area contributed by atoms with Gasteiger partial charge in [-0.15, -0.1) is 0 Å². The number of halogens is 2. The van der Waals surface area contributed by atoms with E-state index in [4.69, 9.17) is 11.6 Å². The van der Waals surface area contributed by atoms with Crippen LogP contribution in [0.2, 0.25) is 5.02 Å². The van der Waals surface area contributed by atoms with E-state index in [-0.39, 0.29) is 5.82 Å². The quantitative estimate of drug-likeness (QED) is 0.847.